The molecule has 0 heterocycles. The zero-order valence-corrected chi connectivity index (χ0v) is 25.4. The molecular weight excluding hydrogens is 516 g/mol. The highest BCUT2D eigenvalue weighted by atomic mass is 16.7. The molecule has 0 aliphatic carbocycles. The van der Waals surface area contributed by atoms with Crippen molar-refractivity contribution in [2.24, 2.45) is 5.92 Å². The molecule has 0 bridgehead atoms. The van der Waals surface area contributed by atoms with Crippen molar-refractivity contribution >= 4 is 17.9 Å². The quantitative estimate of drug-likeness (QED) is 0.0555. The maximum absolute atomic E-state index is 12.3. The van der Waals surface area contributed by atoms with Crippen LogP contribution in [0.1, 0.15) is 136 Å². The standard InChI is InChI=1S/C31H58O9/c1-3-5-7-9-11-16-22-37-31(38-23-17-12-10-8-6-4-2)21-20-30(36)40-26-27(24-32)25-39-29(35)19-15-13-14-18-28(33)34/h27,31-32H,3-26H2,1-2H3,(H,33,34). The van der Waals surface area contributed by atoms with Gasteiger partial charge in [-0.05, 0) is 25.7 Å². The van der Waals surface area contributed by atoms with Crippen molar-refractivity contribution in [3.8, 4) is 0 Å². The minimum absolute atomic E-state index is 0.0386. The number of hydrogen-bond acceptors (Lipinski definition) is 8. The van der Waals surface area contributed by atoms with Crippen LogP contribution in [0, 0.1) is 5.92 Å². The summed E-state index contributed by atoms with van der Waals surface area (Å²) in [6.45, 7) is 5.28. The van der Waals surface area contributed by atoms with E-state index in [1.54, 1.807) is 0 Å². The average Bonchev–Trinajstić information content (AvgIpc) is 2.94. The van der Waals surface area contributed by atoms with Gasteiger partial charge in [0.1, 0.15) is 0 Å². The van der Waals surface area contributed by atoms with Crippen molar-refractivity contribution in [3.63, 3.8) is 0 Å². The van der Waals surface area contributed by atoms with Gasteiger partial charge in [0, 0.05) is 32.5 Å². The Kier molecular flexibility index (Phi) is 27.6. The van der Waals surface area contributed by atoms with Crippen molar-refractivity contribution in [1.82, 2.24) is 0 Å². The molecule has 0 aromatic heterocycles. The summed E-state index contributed by atoms with van der Waals surface area (Å²) in [7, 11) is 0. The molecule has 0 fully saturated rings. The summed E-state index contributed by atoms with van der Waals surface area (Å²) in [5.74, 6) is -2.16. The molecule has 0 saturated carbocycles. The average molecular weight is 575 g/mol. The van der Waals surface area contributed by atoms with Gasteiger partial charge < -0.3 is 29.2 Å². The highest BCUT2D eigenvalue weighted by molar-refractivity contribution is 5.70. The number of hydrogen-bond donors (Lipinski definition) is 2. The van der Waals surface area contributed by atoms with Crippen LogP contribution in [0.2, 0.25) is 0 Å². The summed E-state index contributed by atoms with van der Waals surface area (Å²) in [6, 6.07) is 0. The zero-order valence-electron chi connectivity index (χ0n) is 25.4. The number of carboxylic acid groups (broad SMARTS) is 1. The number of carboxylic acids is 1. The van der Waals surface area contributed by atoms with Crippen LogP contribution in [0.4, 0.5) is 0 Å². The molecule has 0 aliphatic heterocycles. The van der Waals surface area contributed by atoms with Gasteiger partial charge in [0.05, 0.1) is 32.2 Å². The van der Waals surface area contributed by atoms with Crippen LogP contribution in [0.5, 0.6) is 0 Å². The first-order valence-electron chi connectivity index (χ1n) is 15.8. The van der Waals surface area contributed by atoms with Crippen molar-refractivity contribution in [2.45, 2.75) is 142 Å². The topological polar surface area (TPSA) is 129 Å². The maximum atomic E-state index is 12.3. The van der Waals surface area contributed by atoms with Crippen LogP contribution >= 0.6 is 0 Å². The van der Waals surface area contributed by atoms with Gasteiger partial charge >= 0.3 is 17.9 Å². The number of carbonyl (C=O) groups is 3. The smallest absolute Gasteiger partial charge is 0.305 e. The van der Waals surface area contributed by atoms with Crippen molar-refractivity contribution in [3.05, 3.63) is 0 Å². The lowest BCUT2D eigenvalue weighted by Crippen LogP contribution is -2.25. The van der Waals surface area contributed by atoms with E-state index in [9.17, 15) is 19.5 Å². The number of rotatable bonds is 30. The van der Waals surface area contributed by atoms with Gasteiger partial charge in [0.25, 0.3) is 0 Å². The fourth-order valence-electron chi connectivity index (χ4n) is 4.09. The number of aliphatic carboxylic acids is 1. The third-order valence-corrected chi connectivity index (χ3v) is 6.68. The van der Waals surface area contributed by atoms with E-state index in [0.717, 1.165) is 25.7 Å². The van der Waals surface area contributed by atoms with Gasteiger partial charge in [-0.1, -0.05) is 84.5 Å². The number of unbranched alkanes of at least 4 members (excludes halogenated alkanes) is 12. The summed E-state index contributed by atoms with van der Waals surface area (Å²) < 4.78 is 22.4. The van der Waals surface area contributed by atoms with Gasteiger partial charge in [0.2, 0.25) is 0 Å². The second-order valence-corrected chi connectivity index (χ2v) is 10.6. The molecular formula is C31H58O9. The first-order valence-corrected chi connectivity index (χ1v) is 15.8. The van der Waals surface area contributed by atoms with Gasteiger partial charge in [-0.25, -0.2) is 0 Å². The second-order valence-electron chi connectivity index (χ2n) is 10.6. The molecule has 0 radical (unpaired) electrons. The first-order chi connectivity index (χ1) is 19.4. The molecule has 1 atom stereocenters. The lowest BCUT2D eigenvalue weighted by atomic mass is 10.1. The van der Waals surface area contributed by atoms with Crippen LogP contribution in [0.15, 0.2) is 0 Å². The molecule has 9 nitrogen and oxygen atoms in total. The Bertz CT molecular complexity index is 594. The molecule has 0 spiro atoms. The number of carbonyl (C=O) groups excluding carboxylic acids is 2. The Balaban J connectivity index is 4.28. The summed E-state index contributed by atoms with van der Waals surface area (Å²) in [4.78, 5) is 34.7. The van der Waals surface area contributed by atoms with Crippen LogP contribution < -0.4 is 0 Å². The third-order valence-electron chi connectivity index (χ3n) is 6.68. The van der Waals surface area contributed by atoms with Crippen molar-refractivity contribution in [1.29, 1.82) is 0 Å². The molecule has 40 heavy (non-hydrogen) atoms. The van der Waals surface area contributed by atoms with Gasteiger partial charge in [-0.15, -0.1) is 0 Å². The molecule has 0 rings (SSSR count). The lowest BCUT2D eigenvalue weighted by molar-refractivity contribution is -0.161. The molecule has 0 aliphatic rings. The van der Waals surface area contributed by atoms with Crippen LogP contribution in [0.3, 0.4) is 0 Å². The van der Waals surface area contributed by atoms with Crippen LogP contribution in [0.25, 0.3) is 0 Å². The molecule has 236 valence electrons. The van der Waals surface area contributed by atoms with Crippen molar-refractivity contribution in [2.75, 3.05) is 33.0 Å². The molecule has 0 amide bonds. The maximum Gasteiger partial charge on any atom is 0.305 e. The molecule has 1 unspecified atom stereocenters. The van der Waals surface area contributed by atoms with E-state index in [2.05, 4.69) is 13.8 Å². The third kappa shape index (κ3) is 26.5. The lowest BCUT2D eigenvalue weighted by Gasteiger charge is -2.19. The highest BCUT2D eigenvalue weighted by Gasteiger charge is 2.17. The summed E-state index contributed by atoms with van der Waals surface area (Å²) in [5, 5.41) is 18.2. The van der Waals surface area contributed by atoms with E-state index < -0.39 is 30.1 Å². The Hall–Kier alpha value is -1.71. The largest absolute Gasteiger partial charge is 0.481 e. The monoisotopic (exact) mass is 574 g/mol. The van der Waals surface area contributed by atoms with Crippen LogP contribution in [-0.2, 0) is 33.3 Å². The predicted molar refractivity (Wildman–Crippen MR) is 155 cm³/mol. The Morgan fingerprint density at radius 1 is 0.600 bits per heavy atom. The number of ether oxygens (including phenoxy) is 4. The SMILES string of the molecule is CCCCCCCCOC(CCC(=O)OCC(CO)COC(=O)CCCCCC(=O)O)OCCCCCCCC. The van der Waals surface area contributed by atoms with E-state index >= 15 is 0 Å². The highest BCUT2D eigenvalue weighted by Crippen LogP contribution is 2.12. The van der Waals surface area contributed by atoms with E-state index in [4.69, 9.17) is 24.1 Å². The van der Waals surface area contributed by atoms with Crippen LogP contribution in [-0.4, -0.2) is 67.4 Å². The van der Waals surface area contributed by atoms with Crippen molar-refractivity contribution < 1.29 is 43.5 Å². The summed E-state index contributed by atoms with van der Waals surface area (Å²) >= 11 is 0. The van der Waals surface area contributed by atoms with E-state index in [-0.39, 0.29) is 39.1 Å². The van der Waals surface area contributed by atoms with Gasteiger partial charge in [0.15, 0.2) is 6.29 Å². The zero-order chi connectivity index (χ0) is 29.7. The van der Waals surface area contributed by atoms with E-state index in [1.807, 2.05) is 0 Å². The summed E-state index contributed by atoms with van der Waals surface area (Å²) in [6.07, 6.45) is 16.2. The minimum Gasteiger partial charge on any atom is -0.481 e. The van der Waals surface area contributed by atoms with Gasteiger partial charge in [-0.3, -0.25) is 14.4 Å². The Morgan fingerprint density at radius 2 is 1.05 bits per heavy atom. The Labute approximate surface area is 242 Å². The first kappa shape index (κ1) is 38.3. The molecule has 9 heteroatoms. The number of aliphatic hydroxyl groups is 1. The fourth-order valence-corrected chi connectivity index (χ4v) is 4.09. The minimum atomic E-state index is -0.847. The second kappa shape index (κ2) is 28.8. The normalized spacial score (nSPS) is 12.0. The van der Waals surface area contributed by atoms with E-state index in [0.29, 0.717) is 38.9 Å². The predicted octanol–water partition coefficient (Wildman–Crippen LogP) is 6.58. The molecule has 0 saturated heterocycles. The summed E-state index contributed by atoms with van der Waals surface area (Å²) in [5.41, 5.74) is 0. The Morgan fingerprint density at radius 3 is 1.55 bits per heavy atom. The molecule has 0 aromatic carbocycles. The molecule has 2 N–H and O–H groups in total. The number of aliphatic hydroxyl groups excluding tert-OH is 1. The van der Waals surface area contributed by atoms with E-state index in [1.165, 1.54) is 51.4 Å². The molecule has 0 aromatic rings. The fraction of sp³-hybridized carbons (Fsp3) is 0.903. The van der Waals surface area contributed by atoms with Gasteiger partial charge in [-0.2, -0.15) is 0 Å². The number of esters is 2.